The van der Waals surface area contributed by atoms with E-state index in [0.29, 0.717) is 34.5 Å². The van der Waals surface area contributed by atoms with Crippen LogP contribution in [0.3, 0.4) is 0 Å². The number of thiazole rings is 1. The minimum Gasteiger partial charge on any atom is -0.236 e. The summed E-state index contributed by atoms with van der Waals surface area (Å²) < 4.78 is 53.9. The number of hydrogen-bond acceptors (Lipinski definition) is 6. The Bertz CT molecular complexity index is 1930. The van der Waals surface area contributed by atoms with Gasteiger partial charge in [-0.3, -0.25) is 0 Å². The van der Waals surface area contributed by atoms with Crippen LogP contribution in [0.4, 0.5) is 0 Å². The maximum absolute atomic E-state index is 13.4. The zero-order chi connectivity index (χ0) is 30.7. The van der Waals surface area contributed by atoms with Gasteiger partial charge < -0.3 is 0 Å². The minimum absolute atomic E-state index is 0.112. The van der Waals surface area contributed by atoms with E-state index in [-0.39, 0.29) is 10.6 Å². The third-order valence-corrected chi connectivity index (χ3v) is 12.7. The Hall–Kier alpha value is -3.34. The molecular formula is C34H31ClN2O4S3. The van der Waals surface area contributed by atoms with Crippen LogP contribution in [0.15, 0.2) is 118 Å². The molecular weight excluding hydrogens is 632 g/mol. The van der Waals surface area contributed by atoms with Crippen molar-refractivity contribution in [2.45, 2.75) is 34.8 Å². The molecule has 5 aromatic rings. The van der Waals surface area contributed by atoms with Crippen molar-refractivity contribution in [2.75, 3.05) is 13.1 Å². The van der Waals surface area contributed by atoms with E-state index >= 15 is 0 Å². The summed E-state index contributed by atoms with van der Waals surface area (Å²) in [5, 5.41) is 3.22. The second-order valence-corrected chi connectivity index (χ2v) is 16.2. The molecule has 1 aromatic heterocycles. The number of sulfonamides is 1. The summed E-state index contributed by atoms with van der Waals surface area (Å²) in [5.74, 6) is 0.377. The highest BCUT2D eigenvalue weighted by Gasteiger charge is 2.29. The van der Waals surface area contributed by atoms with Gasteiger partial charge in [0.1, 0.15) is 5.01 Å². The molecule has 0 unspecified atom stereocenters. The molecule has 1 aliphatic heterocycles. The highest BCUT2D eigenvalue weighted by atomic mass is 35.5. The summed E-state index contributed by atoms with van der Waals surface area (Å²) in [6.07, 6.45) is 2.69. The summed E-state index contributed by atoms with van der Waals surface area (Å²) in [7, 11) is -7.06. The van der Waals surface area contributed by atoms with Gasteiger partial charge in [0.15, 0.2) is 9.84 Å². The average Bonchev–Trinajstić information content (AvgIpc) is 3.53. The maximum atomic E-state index is 13.4. The lowest BCUT2D eigenvalue weighted by Gasteiger charge is -2.31. The van der Waals surface area contributed by atoms with E-state index in [1.54, 1.807) is 52.8 Å². The van der Waals surface area contributed by atoms with Crippen LogP contribution in [0.1, 0.15) is 24.0 Å². The van der Waals surface area contributed by atoms with Gasteiger partial charge in [-0.25, -0.2) is 21.8 Å². The van der Waals surface area contributed by atoms with Gasteiger partial charge in [-0.15, -0.1) is 11.3 Å². The highest BCUT2D eigenvalue weighted by molar-refractivity contribution is 7.90. The van der Waals surface area contributed by atoms with Crippen LogP contribution in [0, 0.1) is 5.92 Å². The van der Waals surface area contributed by atoms with Crippen LogP contribution < -0.4 is 0 Å². The summed E-state index contributed by atoms with van der Waals surface area (Å²) in [5.41, 5.74) is 4.44. The van der Waals surface area contributed by atoms with Crippen molar-refractivity contribution in [3.63, 3.8) is 0 Å². The van der Waals surface area contributed by atoms with Crippen LogP contribution in [-0.2, 0) is 32.0 Å². The van der Waals surface area contributed by atoms with Crippen LogP contribution in [0.5, 0.6) is 0 Å². The second kappa shape index (κ2) is 12.9. The van der Waals surface area contributed by atoms with Gasteiger partial charge in [0.25, 0.3) is 0 Å². The fourth-order valence-electron chi connectivity index (χ4n) is 5.48. The van der Waals surface area contributed by atoms with E-state index in [2.05, 4.69) is 12.1 Å². The largest absolute Gasteiger partial charge is 0.243 e. The number of piperidine rings is 1. The number of sulfone groups is 1. The minimum atomic E-state index is -3.57. The Morgan fingerprint density at radius 1 is 0.727 bits per heavy atom. The molecule has 0 amide bonds. The smallest absolute Gasteiger partial charge is 0.236 e. The first kappa shape index (κ1) is 30.7. The van der Waals surface area contributed by atoms with E-state index in [1.807, 2.05) is 35.7 Å². The van der Waals surface area contributed by atoms with Crippen molar-refractivity contribution in [1.29, 1.82) is 0 Å². The van der Waals surface area contributed by atoms with Gasteiger partial charge >= 0.3 is 0 Å². The van der Waals surface area contributed by atoms with E-state index in [0.717, 1.165) is 41.1 Å². The van der Waals surface area contributed by atoms with Crippen molar-refractivity contribution in [2.24, 2.45) is 5.92 Å². The summed E-state index contributed by atoms with van der Waals surface area (Å²) >= 11 is 7.37. The number of rotatable bonds is 9. The molecule has 6 nitrogen and oxygen atoms in total. The summed E-state index contributed by atoms with van der Waals surface area (Å²) in [6, 6.07) is 30.8. The molecule has 44 heavy (non-hydrogen) atoms. The van der Waals surface area contributed by atoms with E-state index in [4.69, 9.17) is 16.6 Å². The van der Waals surface area contributed by atoms with Gasteiger partial charge in [0, 0.05) is 34.6 Å². The van der Waals surface area contributed by atoms with Crippen molar-refractivity contribution in [1.82, 2.24) is 9.29 Å². The quantitative estimate of drug-likeness (QED) is 0.161. The zero-order valence-corrected chi connectivity index (χ0v) is 27.0. The lowest BCUT2D eigenvalue weighted by molar-refractivity contribution is 0.273. The standard InChI is InChI=1S/C34H31ClN2O4S3/c35-30-12-16-31(17-13-30)43(38,39)24-27-6-8-29(9-7-27)34-36-33(23-42-34)28-10-14-32(15-11-28)44(40,41)37-20-18-26(19-21-37)22-25-4-2-1-3-5-25/h1-17,23,26H,18-22,24H2. The van der Waals surface area contributed by atoms with E-state index in [1.165, 1.54) is 29.0 Å². The number of hydrogen-bond donors (Lipinski definition) is 0. The van der Waals surface area contributed by atoms with Crippen LogP contribution in [0.2, 0.25) is 5.02 Å². The molecule has 0 radical (unpaired) electrons. The van der Waals surface area contributed by atoms with Crippen molar-refractivity contribution in [3.05, 3.63) is 125 Å². The fourth-order valence-corrected chi connectivity index (χ4v) is 9.25. The SMILES string of the molecule is O=S(=O)(Cc1ccc(-c2nc(-c3ccc(S(=O)(=O)N4CCC(Cc5ccccc5)CC4)cc3)cs2)cc1)c1ccc(Cl)cc1. The van der Waals surface area contributed by atoms with Crippen LogP contribution >= 0.6 is 22.9 Å². The molecule has 0 atom stereocenters. The molecule has 10 heteroatoms. The molecule has 0 spiro atoms. The maximum Gasteiger partial charge on any atom is 0.243 e. The molecule has 1 saturated heterocycles. The zero-order valence-electron chi connectivity index (χ0n) is 23.8. The molecule has 226 valence electrons. The Balaban J connectivity index is 1.08. The van der Waals surface area contributed by atoms with Crippen molar-refractivity contribution in [3.8, 4) is 21.8 Å². The summed E-state index contributed by atoms with van der Waals surface area (Å²) in [4.78, 5) is 5.29. The lowest BCUT2D eigenvalue weighted by Crippen LogP contribution is -2.38. The van der Waals surface area contributed by atoms with Gasteiger partial charge in [-0.1, -0.05) is 78.3 Å². The third-order valence-electron chi connectivity index (χ3n) is 7.96. The number of nitrogens with zero attached hydrogens (tertiary/aromatic N) is 2. The topological polar surface area (TPSA) is 84.4 Å². The van der Waals surface area contributed by atoms with Gasteiger partial charge in [-0.2, -0.15) is 4.31 Å². The first-order valence-electron chi connectivity index (χ1n) is 14.3. The van der Waals surface area contributed by atoms with Crippen molar-refractivity contribution < 1.29 is 16.8 Å². The molecule has 4 aromatic carbocycles. The molecule has 1 aliphatic rings. The second-order valence-electron chi connectivity index (χ2n) is 11.0. The lowest BCUT2D eigenvalue weighted by atomic mass is 9.91. The monoisotopic (exact) mass is 662 g/mol. The Morgan fingerprint density at radius 3 is 2.00 bits per heavy atom. The predicted octanol–water partition coefficient (Wildman–Crippen LogP) is 7.75. The molecule has 0 saturated carbocycles. The highest BCUT2D eigenvalue weighted by Crippen LogP contribution is 2.31. The Kier molecular flexibility index (Phi) is 9.03. The molecule has 1 fully saturated rings. The number of aromatic nitrogens is 1. The van der Waals surface area contributed by atoms with E-state index < -0.39 is 19.9 Å². The Morgan fingerprint density at radius 2 is 1.34 bits per heavy atom. The van der Waals surface area contributed by atoms with Crippen LogP contribution in [0.25, 0.3) is 21.8 Å². The normalized spacial score (nSPS) is 14.9. The average molecular weight is 663 g/mol. The predicted molar refractivity (Wildman–Crippen MR) is 177 cm³/mol. The Labute approximate surface area is 268 Å². The molecule has 0 aliphatic carbocycles. The molecule has 0 N–H and O–H groups in total. The van der Waals surface area contributed by atoms with Crippen molar-refractivity contribution >= 4 is 42.8 Å². The molecule has 0 bridgehead atoms. The fraction of sp³-hybridized carbons (Fsp3) is 0.206. The summed E-state index contributed by atoms with van der Waals surface area (Å²) in [6.45, 7) is 1.06. The first-order valence-corrected chi connectivity index (χ1v) is 18.7. The number of halogens is 1. The molecule has 2 heterocycles. The van der Waals surface area contributed by atoms with Gasteiger partial charge in [0.05, 0.1) is 21.2 Å². The number of benzene rings is 4. The first-order chi connectivity index (χ1) is 21.2. The van der Waals surface area contributed by atoms with Gasteiger partial charge in [0.2, 0.25) is 10.0 Å². The van der Waals surface area contributed by atoms with Gasteiger partial charge in [-0.05, 0) is 72.7 Å². The van der Waals surface area contributed by atoms with E-state index in [9.17, 15) is 16.8 Å². The van der Waals surface area contributed by atoms with Crippen LogP contribution in [-0.4, -0.2) is 39.2 Å². The third kappa shape index (κ3) is 6.98. The molecule has 6 rings (SSSR count).